The predicted octanol–water partition coefficient (Wildman–Crippen LogP) is 2.96. The number of hydrogen-bond acceptors (Lipinski definition) is 2. The topological polar surface area (TPSA) is 66.4 Å². The molecule has 0 heterocycles. The summed E-state index contributed by atoms with van der Waals surface area (Å²) >= 11 is 0. The van der Waals surface area contributed by atoms with E-state index in [4.69, 9.17) is 5.11 Å². The fourth-order valence-electron chi connectivity index (χ4n) is 2.61. The highest BCUT2D eigenvalue weighted by atomic mass is 19.1. The van der Waals surface area contributed by atoms with Crippen LogP contribution < -0.4 is 5.32 Å². The van der Waals surface area contributed by atoms with E-state index >= 15 is 0 Å². The lowest BCUT2D eigenvalue weighted by molar-refractivity contribution is -0.143. The Bertz CT molecular complexity index is 530. The number of aryl methyl sites for hydroxylation is 1. The smallest absolute Gasteiger partial charge is 0.306 e. The van der Waals surface area contributed by atoms with Gasteiger partial charge in [0.05, 0.1) is 11.6 Å². The SMILES string of the molecule is Cc1ccc(NC(=O)C2CCCC(C(=O)O)C2)c(F)c1. The highest BCUT2D eigenvalue weighted by Gasteiger charge is 2.31. The van der Waals surface area contributed by atoms with Gasteiger partial charge in [-0.05, 0) is 43.9 Å². The van der Waals surface area contributed by atoms with Crippen LogP contribution in [0.1, 0.15) is 31.2 Å². The van der Waals surface area contributed by atoms with Crippen molar-refractivity contribution >= 4 is 17.6 Å². The van der Waals surface area contributed by atoms with Gasteiger partial charge in [-0.1, -0.05) is 12.5 Å². The normalized spacial score (nSPS) is 22.3. The maximum absolute atomic E-state index is 13.7. The molecular weight excluding hydrogens is 261 g/mol. The summed E-state index contributed by atoms with van der Waals surface area (Å²) in [5.41, 5.74) is 0.933. The Morgan fingerprint density at radius 1 is 1.30 bits per heavy atom. The molecule has 1 aliphatic carbocycles. The van der Waals surface area contributed by atoms with Gasteiger partial charge in [-0.25, -0.2) is 4.39 Å². The van der Waals surface area contributed by atoms with E-state index in [1.807, 2.05) is 0 Å². The van der Waals surface area contributed by atoms with Crippen LogP contribution in [0.4, 0.5) is 10.1 Å². The summed E-state index contributed by atoms with van der Waals surface area (Å²) in [7, 11) is 0. The van der Waals surface area contributed by atoms with Gasteiger partial charge in [0.2, 0.25) is 5.91 Å². The molecule has 0 saturated heterocycles. The largest absolute Gasteiger partial charge is 0.481 e. The number of anilines is 1. The van der Waals surface area contributed by atoms with Crippen molar-refractivity contribution in [2.45, 2.75) is 32.6 Å². The van der Waals surface area contributed by atoms with E-state index < -0.39 is 17.7 Å². The summed E-state index contributed by atoms with van der Waals surface area (Å²) in [6, 6.07) is 4.61. The molecule has 1 aromatic carbocycles. The zero-order chi connectivity index (χ0) is 14.7. The number of aliphatic carboxylic acids is 1. The third-order valence-electron chi connectivity index (χ3n) is 3.78. The lowest BCUT2D eigenvalue weighted by Crippen LogP contribution is -2.31. The van der Waals surface area contributed by atoms with Crippen LogP contribution in [0.15, 0.2) is 18.2 Å². The summed E-state index contributed by atoms with van der Waals surface area (Å²) in [6.07, 6.45) is 2.31. The molecule has 1 amide bonds. The predicted molar refractivity (Wildman–Crippen MR) is 72.9 cm³/mol. The number of hydrogen-bond donors (Lipinski definition) is 2. The lowest BCUT2D eigenvalue weighted by Gasteiger charge is -2.25. The Kier molecular flexibility index (Phi) is 4.37. The number of carboxylic acids is 1. The first-order chi connectivity index (χ1) is 9.47. The molecule has 5 heteroatoms. The molecular formula is C15H18FNO3. The molecule has 1 fully saturated rings. The fourth-order valence-corrected chi connectivity index (χ4v) is 2.61. The summed E-state index contributed by atoms with van der Waals surface area (Å²) in [4.78, 5) is 23.1. The van der Waals surface area contributed by atoms with Gasteiger partial charge in [0, 0.05) is 5.92 Å². The Labute approximate surface area is 117 Å². The average Bonchev–Trinajstić information content (AvgIpc) is 2.42. The van der Waals surface area contributed by atoms with Crippen molar-refractivity contribution in [3.05, 3.63) is 29.6 Å². The van der Waals surface area contributed by atoms with Crippen LogP contribution in [0.25, 0.3) is 0 Å². The van der Waals surface area contributed by atoms with Gasteiger partial charge in [0.15, 0.2) is 0 Å². The number of carbonyl (C=O) groups is 2. The number of nitrogens with one attached hydrogen (secondary N) is 1. The highest BCUT2D eigenvalue weighted by Crippen LogP contribution is 2.30. The number of halogens is 1. The van der Waals surface area contributed by atoms with Gasteiger partial charge in [-0.2, -0.15) is 0 Å². The molecule has 1 aromatic rings. The second kappa shape index (κ2) is 6.03. The fraction of sp³-hybridized carbons (Fsp3) is 0.467. The van der Waals surface area contributed by atoms with E-state index in [2.05, 4.69) is 5.32 Å². The quantitative estimate of drug-likeness (QED) is 0.894. The van der Waals surface area contributed by atoms with Crippen molar-refractivity contribution in [2.24, 2.45) is 11.8 Å². The number of amides is 1. The maximum atomic E-state index is 13.7. The van der Waals surface area contributed by atoms with Crippen LogP contribution >= 0.6 is 0 Å². The van der Waals surface area contributed by atoms with E-state index in [0.29, 0.717) is 25.7 Å². The summed E-state index contributed by atoms with van der Waals surface area (Å²) in [6.45, 7) is 1.77. The first-order valence-corrected chi connectivity index (χ1v) is 6.77. The third kappa shape index (κ3) is 3.35. The van der Waals surface area contributed by atoms with Crippen LogP contribution in [-0.4, -0.2) is 17.0 Å². The molecule has 20 heavy (non-hydrogen) atoms. The van der Waals surface area contributed by atoms with Gasteiger partial charge in [0.1, 0.15) is 5.82 Å². The molecule has 108 valence electrons. The highest BCUT2D eigenvalue weighted by molar-refractivity contribution is 5.93. The molecule has 2 atom stereocenters. The van der Waals surface area contributed by atoms with Crippen molar-refractivity contribution in [1.82, 2.24) is 0 Å². The maximum Gasteiger partial charge on any atom is 0.306 e. The van der Waals surface area contributed by atoms with Crippen LogP contribution in [-0.2, 0) is 9.59 Å². The molecule has 2 N–H and O–H groups in total. The first-order valence-electron chi connectivity index (χ1n) is 6.77. The van der Waals surface area contributed by atoms with Crippen molar-refractivity contribution in [3.8, 4) is 0 Å². The van der Waals surface area contributed by atoms with Gasteiger partial charge in [-0.15, -0.1) is 0 Å². The van der Waals surface area contributed by atoms with E-state index in [0.717, 1.165) is 5.56 Å². The molecule has 2 rings (SSSR count). The van der Waals surface area contributed by atoms with E-state index in [-0.39, 0.29) is 17.5 Å². The molecule has 4 nitrogen and oxygen atoms in total. The monoisotopic (exact) mass is 279 g/mol. The number of carboxylic acid groups (broad SMARTS) is 1. The minimum atomic E-state index is -0.857. The molecule has 0 radical (unpaired) electrons. The van der Waals surface area contributed by atoms with Crippen LogP contribution in [0.3, 0.4) is 0 Å². The minimum absolute atomic E-state index is 0.151. The van der Waals surface area contributed by atoms with Gasteiger partial charge in [-0.3, -0.25) is 9.59 Å². The van der Waals surface area contributed by atoms with E-state index in [1.165, 1.54) is 12.1 Å². The van der Waals surface area contributed by atoms with Gasteiger partial charge >= 0.3 is 5.97 Å². The Morgan fingerprint density at radius 3 is 2.65 bits per heavy atom. The van der Waals surface area contributed by atoms with Crippen molar-refractivity contribution in [3.63, 3.8) is 0 Å². The molecule has 0 aliphatic heterocycles. The first kappa shape index (κ1) is 14.5. The second-order valence-corrected chi connectivity index (χ2v) is 5.37. The van der Waals surface area contributed by atoms with Crippen molar-refractivity contribution in [2.75, 3.05) is 5.32 Å². The van der Waals surface area contributed by atoms with Crippen LogP contribution in [0.5, 0.6) is 0 Å². The standard InChI is InChI=1S/C15H18FNO3/c1-9-5-6-13(12(16)7-9)17-14(18)10-3-2-4-11(8-10)15(19)20/h5-7,10-11H,2-4,8H2,1H3,(H,17,18)(H,19,20). The lowest BCUT2D eigenvalue weighted by atomic mass is 9.81. The van der Waals surface area contributed by atoms with Crippen molar-refractivity contribution in [1.29, 1.82) is 0 Å². The zero-order valence-electron chi connectivity index (χ0n) is 11.4. The average molecular weight is 279 g/mol. The van der Waals surface area contributed by atoms with Crippen LogP contribution in [0.2, 0.25) is 0 Å². The molecule has 0 aromatic heterocycles. The van der Waals surface area contributed by atoms with Gasteiger partial charge < -0.3 is 10.4 Å². The number of rotatable bonds is 3. The molecule has 1 saturated carbocycles. The Balaban J connectivity index is 2.02. The summed E-state index contributed by atoms with van der Waals surface area (Å²) in [5, 5.41) is 11.6. The Hall–Kier alpha value is -1.91. The number of benzene rings is 1. The minimum Gasteiger partial charge on any atom is -0.481 e. The summed E-state index contributed by atoms with van der Waals surface area (Å²) < 4.78 is 13.7. The van der Waals surface area contributed by atoms with Crippen LogP contribution in [0, 0.1) is 24.6 Å². The zero-order valence-corrected chi connectivity index (χ0v) is 11.4. The van der Waals surface area contributed by atoms with E-state index in [9.17, 15) is 14.0 Å². The summed E-state index contributed by atoms with van der Waals surface area (Å²) in [5.74, 6) is -2.44. The molecule has 2 unspecified atom stereocenters. The van der Waals surface area contributed by atoms with Gasteiger partial charge in [0.25, 0.3) is 0 Å². The molecule has 1 aliphatic rings. The second-order valence-electron chi connectivity index (χ2n) is 5.37. The molecule has 0 spiro atoms. The Morgan fingerprint density at radius 2 is 2.00 bits per heavy atom. The van der Waals surface area contributed by atoms with E-state index in [1.54, 1.807) is 13.0 Å². The third-order valence-corrected chi connectivity index (χ3v) is 3.78. The number of carbonyl (C=O) groups excluding carboxylic acids is 1. The molecule has 0 bridgehead atoms. The van der Waals surface area contributed by atoms with Crippen molar-refractivity contribution < 1.29 is 19.1 Å².